The lowest BCUT2D eigenvalue weighted by Gasteiger charge is -2.06. The van der Waals surface area contributed by atoms with Crippen molar-refractivity contribution in [1.29, 1.82) is 0 Å². The highest BCUT2D eigenvalue weighted by atomic mass is 16.5. The number of rotatable bonds is 6. The van der Waals surface area contributed by atoms with E-state index in [1.807, 2.05) is 42.5 Å². The second-order valence-corrected chi connectivity index (χ2v) is 5.13. The second-order valence-electron chi connectivity index (χ2n) is 5.13. The molecule has 0 aliphatic rings. The second kappa shape index (κ2) is 8.62. The highest BCUT2D eigenvalue weighted by Crippen LogP contribution is 2.19. The molecule has 0 aliphatic heterocycles. The Morgan fingerprint density at radius 3 is 2.12 bits per heavy atom. The highest BCUT2D eigenvalue weighted by Gasteiger charge is 2.12. The Balaban J connectivity index is 1.91. The molecule has 0 heterocycles. The zero-order valence-corrected chi connectivity index (χ0v) is 13.5. The van der Waals surface area contributed by atoms with Gasteiger partial charge in [-0.25, -0.2) is 0 Å². The smallest absolute Gasteiger partial charge is 0.306 e. The van der Waals surface area contributed by atoms with Gasteiger partial charge in [0.15, 0.2) is 0 Å². The van der Waals surface area contributed by atoms with E-state index >= 15 is 0 Å². The van der Waals surface area contributed by atoms with E-state index in [1.165, 1.54) is 0 Å². The van der Waals surface area contributed by atoms with Crippen molar-refractivity contribution in [2.75, 3.05) is 6.61 Å². The van der Waals surface area contributed by atoms with Crippen LogP contribution in [0, 0.1) is 0 Å². The normalized spacial score (nSPS) is 10.0. The van der Waals surface area contributed by atoms with Crippen LogP contribution >= 0.6 is 0 Å². The lowest BCUT2D eigenvalue weighted by atomic mass is 10.0. The summed E-state index contributed by atoms with van der Waals surface area (Å²) in [5, 5.41) is 2.27. The van der Waals surface area contributed by atoms with Gasteiger partial charge in [0, 0.05) is 12.0 Å². The minimum atomic E-state index is -0.500. The third-order valence-electron chi connectivity index (χ3n) is 3.37. The van der Waals surface area contributed by atoms with Gasteiger partial charge in [0.2, 0.25) is 5.91 Å². The van der Waals surface area contributed by atoms with E-state index in [1.54, 1.807) is 19.1 Å². The van der Waals surface area contributed by atoms with E-state index in [4.69, 9.17) is 4.74 Å². The van der Waals surface area contributed by atoms with Crippen LogP contribution in [-0.2, 0) is 14.3 Å². The summed E-state index contributed by atoms with van der Waals surface area (Å²) >= 11 is 0. The summed E-state index contributed by atoms with van der Waals surface area (Å²) in [4.78, 5) is 34.9. The molecule has 0 bridgehead atoms. The molecule has 124 valence electrons. The summed E-state index contributed by atoms with van der Waals surface area (Å²) in [6, 6.07) is 16.8. The van der Waals surface area contributed by atoms with E-state index in [0.717, 1.165) is 11.1 Å². The summed E-state index contributed by atoms with van der Waals surface area (Å²) in [5.41, 5.74) is 2.43. The first kappa shape index (κ1) is 17.4. The van der Waals surface area contributed by atoms with Gasteiger partial charge < -0.3 is 4.74 Å². The van der Waals surface area contributed by atoms with Crippen molar-refractivity contribution in [2.45, 2.75) is 19.8 Å². The van der Waals surface area contributed by atoms with Crippen LogP contribution in [0.25, 0.3) is 11.1 Å². The Morgan fingerprint density at radius 2 is 1.50 bits per heavy atom. The molecule has 0 fully saturated rings. The Hall–Kier alpha value is -2.95. The summed E-state index contributed by atoms with van der Waals surface area (Å²) < 4.78 is 4.73. The van der Waals surface area contributed by atoms with E-state index in [9.17, 15) is 14.4 Å². The van der Waals surface area contributed by atoms with Crippen LogP contribution in [0.5, 0.6) is 0 Å². The van der Waals surface area contributed by atoms with Gasteiger partial charge in [-0.3, -0.25) is 19.7 Å². The zero-order chi connectivity index (χ0) is 17.4. The van der Waals surface area contributed by atoms with Crippen molar-refractivity contribution in [3.63, 3.8) is 0 Å². The lowest BCUT2D eigenvalue weighted by molar-refractivity contribution is -0.144. The molecule has 24 heavy (non-hydrogen) atoms. The van der Waals surface area contributed by atoms with Gasteiger partial charge in [0.1, 0.15) is 0 Å². The highest BCUT2D eigenvalue weighted by molar-refractivity contribution is 6.05. The fraction of sp³-hybridized carbons (Fsp3) is 0.211. The minimum Gasteiger partial charge on any atom is -0.466 e. The third-order valence-corrected chi connectivity index (χ3v) is 3.37. The molecule has 2 aromatic carbocycles. The third kappa shape index (κ3) is 5.05. The van der Waals surface area contributed by atoms with Crippen molar-refractivity contribution in [2.24, 2.45) is 0 Å². The van der Waals surface area contributed by atoms with Crippen LogP contribution in [0.15, 0.2) is 54.6 Å². The number of carbonyl (C=O) groups excluding carboxylic acids is 3. The van der Waals surface area contributed by atoms with E-state index in [-0.39, 0.29) is 19.4 Å². The average molecular weight is 325 g/mol. The Bertz CT molecular complexity index is 708. The lowest BCUT2D eigenvalue weighted by Crippen LogP contribution is -2.30. The molecule has 0 spiro atoms. The molecule has 2 aromatic rings. The number of benzene rings is 2. The first-order chi connectivity index (χ1) is 11.6. The summed E-state index contributed by atoms with van der Waals surface area (Å²) in [5.74, 6) is -1.43. The molecule has 5 heteroatoms. The van der Waals surface area contributed by atoms with E-state index in [0.29, 0.717) is 5.56 Å². The van der Waals surface area contributed by atoms with Gasteiger partial charge in [-0.2, -0.15) is 0 Å². The van der Waals surface area contributed by atoms with Crippen LogP contribution in [0.1, 0.15) is 30.1 Å². The van der Waals surface area contributed by atoms with Gasteiger partial charge in [0.25, 0.3) is 5.91 Å². The van der Waals surface area contributed by atoms with Crippen molar-refractivity contribution >= 4 is 17.8 Å². The van der Waals surface area contributed by atoms with Crippen molar-refractivity contribution in [3.8, 4) is 11.1 Å². The Kier molecular flexibility index (Phi) is 6.25. The van der Waals surface area contributed by atoms with Crippen LogP contribution in [0.3, 0.4) is 0 Å². The largest absolute Gasteiger partial charge is 0.466 e. The summed E-state index contributed by atoms with van der Waals surface area (Å²) in [6.45, 7) is 1.97. The molecule has 1 N–H and O–H groups in total. The van der Waals surface area contributed by atoms with E-state index in [2.05, 4.69) is 5.32 Å². The molecule has 0 saturated heterocycles. The monoisotopic (exact) mass is 325 g/mol. The molecule has 0 atom stereocenters. The quantitative estimate of drug-likeness (QED) is 0.829. The number of esters is 1. The number of amides is 2. The van der Waals surface area contributed by atoms with Gasteiger partial charge >= 0.3 is 5.97 Å². The molecule has 0 unspecified atom stereocenters. The van der Waals surface area contributed by atoms with Crippen LogP contribution < -0.4 is 5.32 Å². The van der Waals surface area contributed by atoms with Crippen molar-refractivity contribution in [1.82, 2.24) is 5.32 Å². The Labute approximate surface area is 140 Å². The molecule has 0 saturated carbocycles. The molecular weight excluding hydrogens is 306 g/mol. The number of hydrogen-bond acceptors (Lipinski definition) is 4. The predicted octanol–water partition coefficient (Wildman–Crippen LogP) is 2.95. The standard InChI is InChI=1S/C19H19NO4/c1-2-24-18(22)13-12-17(21)20-19(23)16-10-8-15(9-11-16)14-6-4-3-5-7-14/h3-11H,2,12-13H2,1H3,(H,20,21,23). The molecule has 0 aromatic heterocycles. The van der Waals surface area contributed by atoms with Crippen LogP contribution in [0.2, 0.25) is 0 Å². The van der Waals surface area contributed by atoms with Crippen LogP contribution in [0.4, 0.5) is 0 Å². The maximum Gasteiger partial charge on any atom is 0.306 e. The Morgan fingerprint density at radius 1 is 0.875 bits per heavy atom. The maximum absolute atomic E-state index is 12.0. The van der Waals surface area contributed by atoms with Gasteiger partial charge in [-0.15, -0.1) is 0 Å². The van der Waals surface area contributed by atoms with E-state index < -0.39 is 17.8 Å². The van der Waals surface area contributed by atoms with Crippen molar-refractivity contribution < 1.29 is 19.1 Å². The number of nitrogens with one attached hydrogen (secondary N) is 1. The van der Waals surface area contributed by atoms with Gasteiger partial charge in [-0.05, 0) is 30.2 Å². The molecule has 2 amide bonds. The number of imide groups is 1. The minimum absolute atomic E-state index is 0.0418. The van der Waals surface area contributed by atoms with Crippen LogP contribution in [-0.4, -0.2) is 24.4 Å². The predicted molar refractivity (Wildman–Crippen MR) is 90.2 cm³/mol. The molecule has 5 nitrogen and oxygen atoms in total. The number of hydrogen-bond donors (Lipinski definition) is 1. The SMILES string of the molecule is CCOC(=O)CCC(=O)NC(=O)c1ccc(-c2ccccc2)cc1. The van der Waals surface area contributed by atoms with Gasteiger partial charge in [0.05, 0.1) is 13.0 Å². The first-order valence-electron chi connectivity index (χ1n) is 7.75. The average Bonchev–Trinajstić information content (AvgIpc) is 2.61. The molecule has 2 rings (SSSR count). The first-order valence-corrected chi connectivity index (χ1v) is 7.75. The topological polar surface area (TPSA) is 72.5 Å². The molecular formula is C19H19NO4. The van der Waals surface area contributed by atoms with Gasteiger partial charge in [-0.1, -0.05) is 42.5 Å². The summed E-state index contributed by atoms with van der Waals surface area (Å²) in [6.07, 6.45) is -0.118. The van der Waals surface area contributed by atoms with Crippen molar-refractivity contribution in [3.05, 3.63) is 60.2 Å². The zero-order valence-electron chi connectivity index (χ0n) is 13.5. The molecule has 0 radical (unpaired) electrons. The summed E-state index contributed by atoms with van der Waals surface area (Å²) in [7, 11) is 0. The fourth-order valence-electron chi connectivity index (χ4n) is 2.15. The molecule has 0 aliphatic carbocycles. The maximum atomic E-state index is 12.0. The number of ether oxygens (including phenoxy) is 1. The number of carbonyl (C=O) groups is 3. The fourth-order valence-corrected chi connectivity index (χ4v) is 2.15.